The summed E-state index contributed by atoms with van der Waals surface area (Å²) in [4.78, 5) is 0. The van der Waals surface area contributed by atoms with Crippen molar-refractivity contribution in [2.75, 3.05) is 0 Å². The molecule has 0 fully saturated rings. The van der Waals surface area contributed by atoms with E-state index >= 15 is 0 Å². The molecule has 0 heterocycles. The van der Waals surface area contributed by atoms with Crippen LogP contribution in [-0.2, 0) is 0 Å². The first-order chi connectivity index (χ1) is 16.8. The van der Waals surface area contributed by atoms with Crippen LogP contribution in [0.3, 0.4) is 0 Å². The summed E-state index contributed by atoms with van der Waals surface area (Å²) >= 11 is 0. The van der Waals surface area contributed by atoms with E-state index in [1.165, 1.54) is 64.5 Å². The Morgan fingerprint density at radius 2 is 1.44 bits per heavy atom. The number of fused-ring (bicyclic) bond motifs is 4. The molecule has 34 heavy (non-hydrogen) atoms. The van der Waals surface area contributed by atoms with E-state index in [4.69, 9.17) is 0 Å². The van der Waals surface area contributed by atoms with Gasteiger partial charge in [0.15, 0.2) is 0 Å². The van der Waals surface area contributed by atoms with E-state index in [0.29, 0.717) is 0 Å². The zero-order valence-electron chi connectivity index (χ0n) is 19.7. The summed E-state index contributed by atoms with van der Waals surface area (Å²) in [6.07, 6.45) is 18.3. The van der Waals surface area contributed by atoms with Crippen molar-refractivity contribution < 1.29 is 0 Å². The fourth-order valence-corrected chi connectivity index (χ4v) is 6.74. The lowest BCUT2D eigenvalue weighted by Crippen LogP contribution is -2.35. The fourth-order valence-electron chi connectivity index (χ4n) is 6.74. The van der Waals surface area contributed by atoms with Crippen molar-refractivity contribution in [2.45, 2.75) is 44.9 Å². The second kappa shape index (κ2) is 8.13. The van der Waals surface area contributed by atoms with Crippen LogP contribution < -0.4 is 10.4 Å². The van der Waals surface area contributed by atoms with E-state index in [-0.39, 0.29) is 0 Å². The lowest BCUT2D eigenvalue weighted by atomic mass is 9.70. The molecule has 0 bridgehead atoms. The highest BCUT2D eigenvalue weighted by Gasteiger charge is 2.29. The third kappa shape index (κ3) is 3.28. The normalized spacial score (nSPS) is 21.6. The molecule has 0 aromatic heterocycles. The van der Waals surface area contributed by atoms with E-state index in [1.807, 2.05) is 0 Å². The molecule has 1 unspecified atom stereocenters. The molecule has 3 aromatic carbocycles. The third-order valence-corrected chi connectivity index (χ3v) is 8.45. The minimum atomic E-state index is 0.726. The maximum absolute atomic E-state index is 2.57. The Morgan fingerprint density at radius 3 is 2.38 bits per heavy atom. The summed E-state index contributed by atoms with van der Waals surface area (Å²) in [5, 5.41) is 5.65. The summed E-state index contributed by atoms with van der Waals surface area (Å²) in [6.45, 7) is 0. The molecule has 0 heteroatoms. The van der Waals surface area contributed by atoms with Gasteiger partial charge in [-0.1, -0.05) is 91.0 Å². The maximum atomic E-state index is 2.57. The molecule has 4 aliphatic carbocycles. The quantitative estimate of drug-likeness (QED) is 0.391. The molecule has 7 rings (SSSR count). The van der Waals surface area contributed by atoms with E-state index in [0.717, 1.165) is 18.8 Å². The molecule has 0 radical (unpaired) electrons. The Hall–Kier alpha value is -3.38. The number of rotatable bonds is 2. The van der Waals surface area contributed by atoms with Crippen molar-refractivity contribution in [1.29, 1.82) is 0 Å². The molecule has 166 valence electrons. The van der Waals surface area contributed by atoms with Gasteiger partial charge < -0.3 is 0 Å². The van der Waals surface area contributed by atoms with Gasteiger partial charge in [0.1, 0.15) is 0 Å². The first kappa shape index (κ1) is 20.0. The predicted octanol–water partition coefficient (Wildman–Crippen LogP) is 7.41. The highest BCUT2D eigenvalue weighted by atomic mass is 14.3. The Bertz CT molecular complexity index is 1560. The van der Waals surface area contributed by atoms with Crippen LogP contribution in [0.25, 0.3) is 28.0 Å². The minimum Gasteiger partial charge on any atom is -0.0760 e. The van der Waals surface area contributed by atoms with Crippen molar-refractivity contribution in [1.82, 2.24) is 0 Å². The lowest BCUT2D eigenvalue weighted by molar-refractivity contribution is 0.590. The molecule has 3 aromatic rings. The molecule has 1 atom stereocenters. The van der Waals surface area contributed by atoms with Crippen LogP contribution in [0, 0.1) is 5.92 Å². The van der Waals surface area contributed by atoms with Gasteiger partial charge in [-0.05, 0) is 111 Å². The van der Waals surface area contributed by atoms with Crippen molar-refractivity contribution in [3.8, 4) is 0 Å². The van der Waals surface area contributed by atoms with Gasteiger partial charge in [-0.25, -0.2) is 0 Å². The lowest BCUT2D eigenvalue weighted by Gasteiger charge is -2.34. The SMILES string of the molecule is C1=C(C2=CC3=C(CC2)C2=c4ccccc4=CCC2CC3)CCC(c2cccc3ccccc23)=C1. The Labute approximate surface area is 202 Å². The highest BCUT2D eigenvalue weighted by Crippen LogP contribution is 2.45. The smallest absolute Gasteiger partial charge is 0.0109 e. The summed E-state index contributed by atoms with van der Waals surface area (Å²) in [5.74, 6) is 0.726. The molecule has 0 amide bonds. The predicted molar refractivity (Wildman–Crippen MR) is 144 cm³/mol. The van der Waals surface area contributed by atoms with Crippen LogP contribution >= 0.6 is 0 Å². The monoisotopic (exact) mass is 438 g/mol. The van der Waals surface area contributed by atoms with Crippen molar-refractivity contribution in [3.63, 3.8) is 0 Å². The zero-order valence-corrected chi connectivity index (χ0v) is 19.7. The minimum absolute atomic E-state index is 0.726. The average Bonchev–Trinajstić information content (AvgIpc) is 2.92. The summed E-state index contributed by atoms with van der Waals surface area (Å²) < 4.78 is 0. The van der Waals surface area contributed by atoms with Crippen LogP contribution in [0.15, 0.2) is 107 Å². The first-order valence-corrected chi connectivity index (χ1v) is 13.0. The van der Waals surface area contributed by atoms with E-state index < -0.39 is 0 Å². The largest absolute Gasteiger partial charge is 0.0760 e. The zero-order chi connectivity index (χ0) is 22.5. The van der Waals surface area contributed by atoms with Crippen molar-refractivity contribution >= 4 is 28.0 Å². The summed E-state index contributed by atoms with van der Waals surface area (Å²) in [7, 11) is 0. The number of hydrogen-bond donors (Lipinski definition) is 0. The van der Waals surface area contributed by atoms with E-state index in [9.17, 15) is 0 Å². The van der Waals surface area contributed by atoms with Gasteiger partial charge in [0.05, 0.1) is 0 Å². The molecule has 0 aliphatic heterocycles. The molecule has 0 saturated heterocycles. The fraction of sp³-hybridized carbons (Fsp3) is 0.235. The van der Waals surface area contributed by atoms with Gasteiger partial charge >= 0.3 is 0 Å². The van der Waals surface area contributed by atoms with Crippen LogP contribution in [0.1, 0.15) is 50.5 Å². The Balaban J connectivity index is 1.25. The Kier molecular flexibility index (Phi) is 4.79. The van der Waals surface area contributed by atoms with Gasteiger partial charge in [0, 0.05) is 0 Å². The van der Waals surface area contributed by atoms with Crippen LogP contribution in [0.2, 0.25) is 0 Å². The van der Waals surface area contributed by atoms with Gasteiger partial charge in [0.25, 0.3) is 0 Å². The van der Waals surface area contributed by atoms with Gasteiger partial charge in [-0.15, -0.1) is 0 Å². The number of benzene rings is 3. The maximum Gasteiger partial charge on any atom is -0.0109 e. The average molecular weight is 439 g/mol. The molecular formula is C34H30. The third-order valence-electron chi connectivity index (χ3n) is 8.45. The van der Waals surface area contributed by atoms with Crippen LogP contribution in [0.4, 0.5) is 0 Å². The van der Waals surface area contributed by atoms with Gasteiger partial charge in [0.2, 0.25) is 0 Å². The first-order valence-electron chi connectivity index (χ1n) is 13.0. The van der Waals surface area contributed by atoms with E-state index in [1.54, 1.807) is 27.9 Å². The standard InChI is InChI=1S/C34H30/c1-3-9-30-24(6-1)8-5-11-31(30)26-14-12-23(13-15-26)28-20-21-33-29(22-28)19-18-27-17-16-25-7-2-4-10-32(25)34(27)33/h1-12,14,16,22,27H,13,15,17-21H2. The highest BCUT2D eigenvalue weighted by molar-refractivity contribution is 5.94. The van der Waals surface area contributed by atoms with Gasteiger partial charge in [-0.2, -0.15) is 0 Å². The van der Waals surface area contributed by atoms with Crippen LogP contribution in [-0.4, -0.2) is 0 Å². The molecule has 0 saturated carbocycles. The number of allylic oxidation sites excluding steroid dienone is 8. The van der Waals surface area contributed by atoms with Crippen molar-refractivity contribution in [3.05, 3.63) is 123 Å². The second-order valence-corrected chi connectivity index (χ2v) is 10.3. The van der Waals surface area contributed by atoms with Crippen LogP contribution in [0.5, 0.6) is 0 Å². The molecular weight excluding hydrogens is 408 g/mol. The second-order valence-electron chi connectivity index (χ2n) is 10.3. The number of hydrogen-bond acceptors (Lipinski definition) is 0. The van der Waals surface area contributed by atoms with Gasteiger partial charge in [-0.3, -0.25) is 0 Å². The Morgan fingerprint density at radius 1 is 0.647 bits per heavy atom. The summed E-state index contributed by atoms with van der Waals surface area (Å²) in [6, 6.07) is 24.5. The summed E-state index contributed by atoms with van der Waals surface area (Å²) in [5.41, 5.74) is 11.0. The molecule has 0 N–H and O–H groups in total. The molecule has 0 spiro atoms. The van der Waals surface area contributed by atoms with Crippen molar-refractivity contribution in [2.24, 2.45) is 5.92 Å². The molecule has 4 aliphatic rings. The topological polar surface area (TPSA) is 0 Å². The van der Waals surface area contributed by atoms with E-state index in [2.05, 4.69) is 91.0 Å². The molecule has 0 nitrogen and oxygen atoms in total.